The van der Waals surface area contributed by atoms with Crippen molar-refractivity contribution in [3.05, 3.63) is 29.7 Å². The number of nitrogens with zero attached hydrogens (tertiary/aromatic N) is 1. The molecule has 1 fully saturated rings. The molecule has 1 aliphatic rings. The summed E-state index contributed by atoms with van der Waals surface area (Å²) in [5.41, 5.74) is 3.06. The first-order valence-corrected chi connectivity index (χ1v) is 7.64. The minimum atomic E-state index is 0.611. The van der Waals surface area contributed by atoms with Crippen molar-refractivity contribution in [3.8, 4) is 0 Å². The van der Waals surface area contributed by atoms with E-state index in [1.165, 1.54) is 29.9 Å². The molecule has 2 heterocycles. The van der Waals surface area contributed by atoms with Gasteiger partial charge in [-0.3, -0.25) is 0 Å². The topological polar surface area (TPSA) is 38.1 Å². The van der Waals surface area contributed by atoms with Crippen molar-refractivity contribution < 1.29 is 4.42 Å². The number of oxazole rings is 1. The van der Waals surface area contributed by atoms with E-state index in [9.17, 15) is 0 Å². The summed E-state index contributed by atoms with van der Waals surface area (Å²) in [6, 6.07) is 6.67. The normalized spacial score (nSPS) is 20.4. The summed E-state index contributed by atoms with van der Waals surface area (Å²) in [4.78, 5) is 4.56. The molecule has 1 aromatic heterocycles. The number of aromatic nitrogens is 1. The molecule has 0 radical (unpaired) electrons. The lowest BCUT2D eigenvalue weighted by molar-refractivity contribution is 0.445. The molecule has 0 unspecified atom stereocenters. The van der Waals surface area contributed by atoms with Crippen LogP contribution in [0.5, 0.6) is 0 Å². The summed E-state index contributed by atoms with van der Waals surface area (Å²) in [6.07, 6.45) is 2.58. The Labute approximate surface area is 111 Å². The van der Waals surface area contributed by atoms with Crippen LogP contribution in [0.15, 0.2) is 22.6 Å². The van der Waals surface area contributed by atoms with E-state index in [0.717, 1.165) is 23.5 Å². The molecular weight excluding hydrogens is 244 g/mol. The fourth-order valence-electron chi connectivity index (χ4n) is 2.34. The molecule has 96 valence electrons. The predicted molar refractivity (Wildman–Crippen MR) is 75.9 cm³/mol. The lowest BCUT2D eigenvalue weighted by atomic mass is 10.2. The number of benzene rings is 1. The van der Waals surface area contributed by atoms with Crippen LogP contribution in [0.1, 0.15) is 24.3 Å². The minimum Gasteiger partial charge on any atom is -0.439 e. The summed E-state index contributed by atoms with van der Waals surface area (Å²) >= 11 is 2.03. The second-order valence-electron chi connectivity index (χ2n) is 4.82. The van der Waals surface area contributed by atoms with Gasteiger partial charge >= 0.3 is 0 Å². The summed E-state index contributed by atoms with van der Waals surface area (Å²) < 4.78 is 5.76. The SMILES string of the molecule is Cc1cccc2oc(CN[C@@H]3CCCSC3)nc12. The zero-order chi connectivity index (χ0) is 12.4. The molecule has 0 spiro atoms. The quantitative estimate of drug-likeness (QED) is 0.922. The molecule has 4 heteroatoms. The minimum absolute atomic E-state index is 0.611. The highest BCUT2D eigenvalue weighted by molar-refractivity contribution is 7.99. The van der Waals surface area contributed by atoms with Crippen molar-refractivity contribution >= 4 is 22.9 Å². The van der Waals surface area contributed by atoms with E-state index < -0.39 is 0 Å². The summed E-state index contributed by atoms with van der Waals surface area (Å²) in [7, 11) is 0. The van der Waals surface area contributed by atoms with Crippen molar-refractivity contribution in [3.63, 3.8) is 0 Å². The monoisotopic (exact) mass is 262 g/mol. The van der Waals surface area contributed by atoms with Gasteiger partial charge in [0.15, 0.2) is 5.58 Å². The van der Waals surface area contributed by atoms with Crippen LogP contribution in [-0.4, -0.2) is 22.5 Å². The maximum absolute atomic E-state index is 5.76. The van der Waals surface area contributed by atoms with Gasteiger partial charge < -0.3 is 9.73 Å². The first-order chi connectivity index (χ1) is 8.83. The van der Waals surface area contributed by atoms with Crippen molar-refractivity contribution in [1.82, 2.24) is 10.3 Å². The molecule has 18 heavy (non-hydrogen) atoms. The molecule has 1 N–H and O–H groups in total. The Morgan fingerprint density at radius 3 is 3.22 bits per heavy atom. The van der Waals surface area contributed by atoms with E-state index >= 15 is 0 Å². The lowest BCUT2D eigenvalue weighted by Crippen LogP contribution is -2.33. The van der Waals surface area contributed by atoms with Crippen LogP contribution in [0.4, 0.5) is 0 Å². The van der Waals surface area contributed by atoms with Crippen LogP contribution in [0.2, 0.25) is 0 Å². The number of fused-ring (bicyclic) bond motifs is 1. The third kappa shape index (κ3) is 2.54. The van der Waals surface area contributed by atoms with Gasteiger partial charge in [0.25, 0.3) is 0 Å². The van der Waals surface area contributed by atoms with Gasteiger partial charge in [0.2, 0.25) is 5.89 Å². The van der Waals surface area contributed by atoms with Crippen LogP contribution in [0.25, 0.3) is 11.1 Å². The molecule has 1 aliphatic heterocycles. The highest BCUT2D eigenvalue weighted by atomic mass is 32.2. The molecule has 1 saturated heterocycles. The maximum Gasteiger partial charge on any atom is 0.209 e. The first-order valence-electron chi connectivity index (χ1n) is 6.49. The Morgan fingerprint density at radius 2 is 2.44 bits per heavy atom. The Kier molecular flexibility index (Phi) is 3.57. The number of para-hydroxylation sites is 1. The second-order valence-corrected chi connectivity index (χ2v) is 5.97. The Balaban J connectivity index is 1.69. The van der Waals surface area contributed by atoms with E-state index in [0.29, 0.717) is 6.04 Å². The van der Waals surface area contributed by atoms with Crippen LogP contribution in [0, 0.1) is 6.92 Å². The number of nitrogens with one attached hydrogen (secondary N) is 1. The van der Waals surface area contributed by atoms with E-state index in [1.807, 2.05) is 23.9 Å². The van der Waals surface area contributed by atoms with E-state index in [2.05, 4.69) is 23.3 Å². The van der Waals surface area contributed by atoms with Crippen LogP contribution in [0.3, 0.4) is 0 Å². The molecule has 0 bridgehead atoms. The summed E-state index contributed by atoms with van der Waals surface area (Å²) in [5, 5.41) is 3.54. The highest BCUT2D eigenvalue weighted by Crippen LogP contribution is 2.20. The van der Waals surface area contributed by atoms with Gasteiger partial charge in [-0.05, 0) is 37.1 Å². The molecule has 2 aromatic rings. The zero-order valence-electron chi connectivity index (χ0n) is 10.6. The van der Waals surface area contributed by atoms with Gasteiger partial charge in [0, 0.05) is 11.8 Å². The maximum atomic E-state index is 5.76. The number of thioether (sulfide) groups is 1. The molecule has 1 aromatic carbocycles. The largest absolute Gasteiger partial charge is 0.439 e. The number of aryl methyl sites for hydroxylation is 1. The number of rotatable bonds is 3. The fraction of sp³-hybridized carbons (Fsp3) is 0.500. The fourth-order valence-corrected chi connectivity index (χ4v) is 3.45. The lowest BCUT2D eigenvalue weighted by Gasteiger charge is -2.21. The van der Waals surface area contributed by atoms with Gasteiger partial charge in [0.1, 0.15) is 5.52 Å². The number of hydrogen-bond donors (Lipinski definition) is 1. The van der Waals surface area contributed by atoms with E-state index in [1.54, 1.807) is 0 Å². The van der Waals surface area contributed by atoms with Gasteiger partial charge in [-0.2, -0.15) is 11.8 Å². The van der Waals surface area contributed by atoms with Crippen molar-refractivity contribution in [1.29, 1.82) is 0 Å². The van der Waals surface area contributed by atoms with E-state index in [-0.39, 0.29) is 0 Å². The molecule has 0 saturated carbocycles. The number of hydrogen-bond acceptors (Lipinski definition) is 4. The Bertz CT molecular complexity index is 532. The molecule has 1 atom stereocenters. The van der Waals surface area contributed by atoms with E-state index in [4.69, 9.17) is 4.42 Å². The average molecular weight is 262 g/mol. The van der Waals surface area contributed by atoms with Gasteiger partial charge in [-0.15, -0.1) is 0 Å². The smallest absolute Gasteiger partial charge is 0.209 e. The molecular formula is C14H18N2OS. The third-order valence-electron chi connectivity index (χ3n) is 3.37. The molecule has 0 aliphatic carbocycles. The second kappa shape index (κ2) is 5.33. The summed E-state index contributed by atoms with van der Waals surface area (Å²) in [6.45, 7) is 2.80. The highest BCUT2D eigenvalue weighted by Gasteiger charge is 2.14. The van der Waals surface area contributed by atoms with Crippen LogP contribution in [-0.2, 0) is 6.54 Å². The van der Waals surface area contributed by atoms with Gasteiger partial charge in [-0.1, -0.05) is 12.1 Å². The van der Waals surface area contributed by atoms with Crippen LogP contribution >= 0.6 is 11.8 Å². The Morgan fingerprint density at radius 1 is 1.50 bits per heavy atom. The van der Waals surface area contributed by atoms with Gasteiger partial charge in [-0.25, -0.2) is 4.98 Å². The van der Waals surface area contributed by atoms with Crippen molar-refractivity contribution in [2.75, 3.05) is 11.5 Å². The third-order valence-corrected chi connectivity index (χ3v) is 4.58. The average Bonchev–Trinajstić information content (AvgIpc) is 2.82. The standard InChI is InChI=1S/C14H18N2OS/c1-10-4-2-6-12-14(10)16-13(17-12)8-15-11-5-3-7-18-9-11/h2,4,6,11,15H,3,5,7-9H2,1H3/t11-/m1/s1. The molecule has 3 nitrogen and oxygen atoms in total. The summed E-state index contributed by atoms with van der Waals surface area (Å²) in [5.74, 6) is 3.31. The Hall–Kier alpha value is -1.00. The molecule has 3 rings (SSSR count). The van der Waals surface area contributed by atoms with Crippen molar-refractivity contribution in [2.45, 2.75) is 32.4 Å². The van der Waals surface area contributed by atoms with Crippen LogP contribution < -0.4 is 5.32 Å². The molecule has 0 amide bonds. The zero-order valence-corrected chi connectivity index (χ0v) is 11.4. The van der Waals surface area contributed by atoms with Gasteiger partial charge in [0.05, 0.1) is 6.54 Å². The first kappa shape index (κ1) is 12.1. The predicted octanol–water partition coefficient (Wildman–Crippen LogP) is 3.12. The van der Waals surface area contributed by atoms with Crippen molar-refractivity contribution in [2.24, 2.45) is 0 Å².